The number of likely N-dealkylation sites (tertiary alicyclic amines) is 1. The Labute approximate surface area is 179 Å². The first-order valence-corrected chi connectivity index (χ1v) is 10.9. The first-order chi connectivity index (χ1) is 14.5. The molecule has 0 unspecified atom stereocenters. The summed E-state index contributed by atoms with van der Waals surface area (Å²) in [6.07, 6.45) is 2.52. The van der Waals surface area contributed by atoms with Gasteiger partial charge in [-0.25, -0.2) is 0 Å². The van der Waals surface area contributed by atoms with Crippen molar-refractivity contribution in [3.8, 4) is 5.75 Å². The monoisotopic (exact) mass is 408 g/mol. The summed E-state index contributed by atoms with van der Waals surface area (Å²) in [6, 6.07) is 15.2. The van der Waals surface area contributed by atoms with E-state index in [1.54, 1.807) is 0 Å². The molecule has 5 nitrogen and oxygen atoms in total. The molecule has 0 bridgehead atoms. The van der Waals surface area contributed by atoms with E-state index in [0.29, 0.717) is 25.3 Å². The number of hydrogen-bond donors (Lipinski definition) is 0. The van der Waals surface area contributed by atoms with Crippen molar-refractivity contribution < 1.29 is 14.3 Å². The summed E-state index contributed by atoms with van der Waals surface area (Å²) >= 11 is 0. The molecule has 1 fully saturated rings. The maximum Gasteiger partial charge on any atom is 0.254 e. The Morgan fingerprint density at radius 1 is 1.03 bits per heavy atom. The Kier molecular flexibility index (Phi) is 7.50. The number of carbonyl (C=O) groups is 2. The summed E-state index contributed by atoms with van der Waals surface area (Å²) in [4.78, 5) is 29.9. The van der Waals surface area contributed by atoms with Crippen LogP contribution in [0.3, 0.4) is 0 Å². The summed E-state index contributed by atoms with van der Waals surface area (Å²) in [5.74, 6) is 0.962. The molecule has 1 saturated heterocycles. The smallest absolute Gasteiger partial charge is 0.254 e. The average molecular weight is 409 g/mol. The number of carbonyl (C=O) groups excluding carboxylic acids is 2. The predicted molar refractivity (Wildman–Crippen MR) is 119 cm³/mol. The fourth-order valence-electron chi connectivity index (χ4n) is 4.10. The van der Waals surface area contributed by atoms with Crippen LogP contribution < -0.4 is 4.74 Å². The second-order valence-corrected chi connectivity index (χ2v) is 7.80. The number of hydrogen-bond acceptors (Lipinski definition) is 3. The maximum absolute atomic E-state index is 13.3. The van der Waals surface area contributed by atoms with Crippen LogP contribution in [0.25, 0.3) is 0 Å². The Hall–Kier alpha value is -2.82. The van der Waals surface area contributed by atoms with Gasteiger partial charge in [0, 0.05) is 36.8 Å². The van der Waals surface area contributed by atoms with Crippen molar-refractivity contribution in [2.45, 2.75) is 46.1 Å². The Morgan fingerprint density at radius 3 is 2.33 bits per heavy atom. The Balaban J connectivity index is 1.67. The van der Waals surface area contributed by atoms with Gasteiger partial charge in [0.2, 0.25) is 0 Å². The van der Waals surface area contributed by atoms with E-state index in [2.05, 4.69) is 6.92 Å². The molecule has 0 aromatic heterocycles. The van der Waals surface area contributed by atoms with Gasteiger partial charge in [-0.15, -0.1) is 0 Å². The highest BCUT2D eigenvalue weighted by molar-refractivity contribution is 5.95. The third kappa shape index (κ3) is 5.02. The van der Waals surface area contributed by atoms with Gasteiger partial charge in [0.15, 0.2) is 0 Å². The summed E-state index contributed by atoms with van der Waals surface area (Å²) in [6.45, 7) is 8.70. The minimum Gasteiger partial charge on any atom is -0.494 e. The number of ether oxygens (including phenoxy) is 1. The average Bonchev–Trinajstić information content (AvgIpc) is 2.79. The highest BCUT2D eigenvalue weighted by Crippen LogP contribution is 2.24. The molecule has 5 heteroatoms. The minimum atomic E-state index is 0.0656. The number of rotatable bonds is 7. The molecule has 2 aromatic rings. The van der Waals surface area contributed by atoms with Crippen molar-refractivity contribution in [1.82, 2.24) is 9.80 Å². The van der Waals surface area contributed by atoms with Crippen molar-refractivity contribution >= 4 is 11.8 Å². The highest BCUT2D eigenvalue weighted by atomic mass is 16.5. The van der Waals surface area contributed by atoms with Crippen LogP contribution >= 0.6 is 0 Å². The molecule has 2 aromatic carbocycles. The zero-order valence-electron chi connectivity index (χ0n) is 18.3. The first kappa shape index (κ1) is 21.9. The molecule has 160 valence electrons. The van der Waals surface area contributed by atoms with Crippen LogP contribution in [-0.4, -0.2) is 53.9 Å². The molecule has 0 N–H and O–H groups in total. The molecule has 0 spiro atoms. The van der Waals surface area contributed by atoms with Gasteiger partial charge < -0.3 is 14.5 Å². The first-order valence-electron chi connectivity index (χ1n) is 10.9. The van der Waals surface area contributed by atoms with E-state index in [1.807, 2.05) is 72.2 Å². The largest absolute Gasteiger partial charge is 0.494 e. The summed E-state index contributed by atoms with van der Waals surface area (Å²) < 4.78 is 5.60. The molecule has 0 aliphatic carbocycles. The number of piperidine rings is 1. The molecular formula is C25H32N2O3. The van der Waals surface area contributed by atoms with Gasteiger partial charge in [-0.3, -0.25) is 9.59 Å². The van der Waals surface area contributed by atoms with Gasteiger partial charge in [-0.1, -0.05) is 25.1 Å². The van der Waals surface area contributed by atoms with Crippen LogP contribution in [0.2, 0.25) is 0 Å². The van der Waals surface area contributed by atoms with Gasteiger partial charge in [0.25, 0.3) is 11.8 Å². The van der Waals surface area contributed by atoms with Crippen molar-refractivity contribution in [3.05, 3.63) is 65.2 Å². The second kappa shape index (κ2) is 10.3. The summed E-state index contributed by atoms with van der Waals surface area (Å²) in [5, 5.41) is 0. The number of aryl methyl sites for hydroxylation is 1. The van der Waals surface area contributed by atoms with Crippen LogP contribution in [0.5, 0.6) is 5.75 Å². The van der Waals surface area contributed by atoms with Crippen molar-refractivity contribution in [2.75, 3.05) is 26.2 Å². The van der Waals surface area contributed by atoms with Crippen molar-refractivity contribution in [3.63, 3.8) is 0 Å². The highest BCUT2D eigenvalue weighted by Gasteiger charge is 2.30. The Bertz CT molecular complexity index is 858. The van der Waals surface area contributed by atoms with Crippen molar-refractivity contribution in [1.29, 1.82) is 0 Å². The number of nitrogens with zero attached hydrogens (tertiary/aromatic N) is 2. The lowest BCUT2D eigenvalue weighted by Crippen LogP contribution is -2.49. The van der Waals surface area contributed by atoms with Gasteiger partial charge >= 0.3 is 0 Å². The van der Waals surface area contributed by atoms with Crippen LogP contribution in [0.4, 0.5) is 0 Å². The summed E-state index contributed by atoms with van der Waals surface area (Å²) in [5.41, 5.74) is 2.40. The zero-order chi connectivity index (χ0) is 21.5. The van der Waals surface area contributed by atoms with E-state index in [9.17, 15) is 9.59 Å². The fraction of sp³-hybridized carbons (Fsp3) is 0.440. The molecule has 1 aliphatic heterocycles. The van der Waals surface area contributed by atoms with Gasteiger partial charge in [0.05, 0.1) is 6.61 Å². The van der Waals surface area contributed by atoms with E-state index < -0.39 is 0 Å². The molecule has 0 atom stereocenters. The minimum absolute atomic E-state index is 0.0656. The molecule has 1 heterocycles. The van der Waals surface area contributed by atoms with Crippen LogP contribution in [0.1, 0.15) is 59.4 Å². The standard InChI is InChI=1S/C25H32N2O3/c1-4-15-27(25(29)21-11-12-23(30-5-2)19(3)18-21)22-13-16-26(17-14-22)24(28)20-9-7-6-8-10-20/h6-12,18,22H,4-5,13-17H2,1-3H3. The molecule has 0 saturated carbocycles. The fourth-order valence-corrected chi connectivity index (χ4v) is 4.10. The van der Waals surface area contributed by atoms with Crippen LogP contribution in [0, 0.1) is 6.92 Å². The zero-order valence-corrected chi connectivity index (χ0v) is 18.3. The lowest BCUT2D eigenvalue weighted by molar-refractivity contribution is 0.0519. The van der Waals surface area contributed by atoms with Gasteiger partial charge in [0.1, 0.15) is 5.75 Å². The van der Waals surface area contributed by atoms with E-state index in [0.717, 1.165) is 42.7 Å². The third-order valence-corrected chi connectivity index (χ3v) is 5.66. The molecule has 30 heavy (non-hydrogen) atoms. The molecule has 2 amide bonds. The third-order valence-electron chi connectivity index (χ3n) is 5.66. The lowest BCUT2D eigenvalue weighted by atomic mass is 10.00. The van der Waals surface area contributed by atoms with Gasteiger partial charge in [-0.2, -0.15) is 0 Å². The Morgan fingerprint density at radius 2 is 1.73 bits per heavy atom. The molecule has 0 radical (unpaired) electrons. The lowest BCUT2D eigenvalue weighted by Gasteiger charge is -2.38. The number of benzene rings is 2. The maximum atomic E-state index is 13.3. The topological polar surface area (TPSA) is 49.9 Å². The quantitative estimate of drug-likeness (QED) is 0.675. The summed E-state index contributed by atoms with van der Waals surface area (Å²) in [7, 11) is 0. The predicted octanol–water partition coefficient (Wildman–Crippen LogP) is 4.55. The van der Waals surface area contributed by atoms with Gasteiger partial charge in [-0.05, 0) is 69.0 Å². The van der Waals surface area contributed by atoms with Crippen LogP contribution in [0.15, 0.2) is 48.5 Å². The van der Waals surface area contributed by atoms with E-state index in [1.165, 1.54) is 0 Å². The molecule has 3 rings (SSSR count). The van der Waals surface area contributed by atoms with Crippen molar-refractivity contribution in [2.24, 2.45) is 0 Å². The van der Waals surface area contributed by atoms with Crippen LogP contribution in [-0.2, 0) is 0 Å². The molecular weight excluding hydrogens is 376 g/mol. The SMILES string of the molecule is CCCN(C(=O)c1ccc(OCC)c(C)c1)C1CCN(C(=O)c2ccccc2)CC1. The normalized spacial score (nSPS) is 14.4. The van der Waals surface area contributed by atoms with E-state index in [-0.39, 0.29) is 17.9 Å². The van der Waals surface area contributed by atoms with E-state index >= 15 is 0 Å². The number of amides is 2. The molecule has 1 aliphatic rings. The van der Waals surface area contributed by atoms with E-state index in [4.69, 9.17) is 4.74 Å². The second-order valence-electron chi connectivity index (χ2n) is 7.80.